The van der Waals surface area contributed by atoms with Crippen LogP contribution in [0.5, 0.6) is 11.5 Å². The van der Waals surface area contributed by atoms with Gasteiger partial charge in [-0.1, -0.05) is 24.3 Å². The fourth-order valence-electron chi connectivity index (χ4n) is 5.68. The van der Waals surface area contributed by atoms with Gasteiger partial charge in [-0.2, -0.15) is 0 Å². The fourth-order valence-corrected chi connectivity index (χ4v) is 5.68. The first-order valence-corrected chi connectivity index (χ1v) is 16.3. The maximum atomic E-state index is 12.7. The molecule has 4 aromatic heterocycles. The quantitative estimate of drug-likeness (QED) is 0.127. The third-order valence-corrected chi connectivity index (χ3v) is 8.36. The Morgan fingerprint density at radius 3 is 1.98 bits per heavy atom. The second-order valence-corrected chi connectivity index (χ2v) is 12.0. The van der Waals surface area contributed by atoms with E-state index >= 15 is 0 Å². The molecule has 4 heterocycles. The summed E-state index contributed by atoms with van der Waals surface area (Å²) in [5.41, 5.74) is 11.0. The van der Waals surface area contributed by atoms with Crippen molar-refractivity contribution in [1.82, 2.24) is 24.8 Å². The van der Waals surface area contributed by atoms with Gasteiger partial charge < -0.3 is 34.7 Å². The highest BCUT2D eigenvalue weighted by Crippen LogP contribution is 2.36. The number of carbonyl (C=O) groups excluding carboxylic acids is 3. The number of fused-ring (bicyclic) bond motifs is 1. The number of rotatable bonds is 12. The summed E-state index contributed by atoms with van der Waals surface area (Å²) < 4.78 is 15.6. The van der Waals surface area contributed by atoms with Crippen molar-refractivity contribution in [3.05, 3.63) is 120 Å². The van der Waals surface area contributed by atoms with E-state index < -0.39 is 18.5 Å². The van der Waals surface area contributed by atoms with Gasteiger partial charge in [-0.15, -0.1) is 0 Å². The molecule has 0 radical (unpaired) electrons. The van der Waals surface area contributed by atoms with Gasteiger partial charge in [0, 0.05) is 62.3 Å². The molecule has 0 aliphatic rings. The van der Waals surface area contributed by atoms with Crippen molar-refractivity contribution in [2.75, 3.05) is 39.8 Å². The van der Waals surface area contributed by atoms with Crippen molar-refractivity contribution < 1.29 is 28.6 Å². The molecule has 264 valence electrons. The van der Waals surface area contributed by atoms with Crippen LogP contribution in [-0.2, 0) is 22.6 Å². The third-order valence-electron chi connectivity index (χ3n) is 8.36. The van der Waals surface area contributed by atoms with Crippen molar-refractivity contribution in [1.29, 1.82) is 0 Å². The van der Waals surface area contributed by atoms with Gasteiger partial charge in [0.25, 0.3) is 5.91 Å². The number of pyridine rings is 3. The topological polar surface area (TPSA) is 166 Å². The van der Waals surface area contributed by atoms with E-state index in [9.17, 15) is 14.4 Å². The van der Waals surface area contributed by atoms with Gasteiger partial charge >= 0.3 is 11.9 Å². The Labute approximate surface area is 300 Å². The number of amides is 1. The number of aromatic nitrogens is 4. The van der Waals surface area contributed by atoms with E-state index in [0.717, 1.165) is 28.2 Å². The number of methoxy groups -OCH3 is 2. The standard InChI is InChI=1S/C39H37N7O6/c1-45(2)38(48)26-9-14-33(42-20-26)32-17-27(30-15-16-41-36-31(30)18-34(44-36)39(49)52-35(47)19-40)21-43-37(32)46(22-24-5-10-28(50-3)11-6-24)23-25-7-12-29(51-4)13-8-25/h5-18,20-21H,19,22-23,40H2,1-4H3,(H,41,44). The molecule has 6 aromatic rings. The third kappa shape index (κ3) is 7.74. The molecule has 0 unspecified atom stereocenters. The fraction of sp³-hybridized carbons (Fsp3) is 0.179. The molecule has 1 amide bonds. The Balaban J connectivity index is 1.48. The number of hydrogen-bond donors (Lipinski definition) is 2. The molecule has 0 aliphatic carbocycles. The molecular weight excluding hydrogens is 662 g/mol. The van der Waals surface area contributed by atoms with Crippen LogP contribution in [0.15, 0.2) is 97.5 Å². The van der Waals surface area contributed by atoms with E-state index in [0.29, 0.717) is 52.3 Å². The van der Waals surface area contributed by atoms with Gasteiger partial charge in [0.05, 0.1) is 32.0 Å². The van der Waals surface area contributed by atoms with Crippen LogP contribution in [-0.4, -0.2) is 77.5 Å². The molecule has 0 aliphatic heterocycles. The lowest BCUT2D eigenvalue weighted by atomic mass is 10.0. The van der Waals surface area contributed by atoms with E-state index in [2.05, 4.69) is 14.9 Å². The van der Waals surface area contributed by atoms with Crippen LogP contribution in [0.2, 0.25) is 0 Å². The maximum absolute atomic E-state index is 12.7. The predicted molar refractivity (Wildman–Crippen MR) is 196 cm³/mol. The summed E-state index contributed by atoms with van der Waals surface area (Å²) in [6, 6.07) is 24.6. The summed E-state index contributed by atoms with van der Waals surface area (Å²) in [5.74, 6) is 0.278. The number of benzene rings is 2. The largest absolute Gasteiger partial charge is 0.497 e. The van der Waals surface area contributed by atoms with Crippen LogP contribution < -0.4 is 20.1 Å². The number of anilines is 1. The summed E-state index contributed by atoms with van der Waals surface area (Å²) in [6.07, 6.45) is 4.93. The minimum atomic E-state index is -0.863. The molecular formula is C39H37N7O6. The highest BCUT2D eigenvalue weighted by molar-refractivity contribution is 6.03. The van der Waals surface area contributed by atoms with Gasteiger partial charge in [-0.05, 0) is 71.3 Å². The van der Waals surface area contributed by atoms with Gasteiger partial charge in [-0.3, -0.25) is 14.6 Å². The number of nitrogens with two attached hydrogens (primary N) is 1. The molecule has 0 bridgehead atoms. The minimum absolute atomic E-state index is 0.0505. The first-order chi connectivity index (χ1) is 25.2. The molecule has 6 rings (SSSR count). The van der Waals surface area contributed by atoms with E-state index in [1.54, 1.807) is 65.1 Å². The normalized spacial score (nSPS) is 10.9. The lowest BCUT2D eigenvalue weighted by Crippen LogP contribution is -2.24. The van der Waals surface area contributed by atoms with Crippen LogP contribution in [0.3, 0.4) is 0 Å². The Morgan fingerprint density at radius 1 is 0.769 bits per heavy atom. The zero-order valence-electron chi connectivity index (χ0n) is 29.1. The predicted octanol–water partition coefficient (Wildman–Crippen LogP) is 5.25. The van der Waals surface area contributed by atoms with Crippen molar-refractivity contribution in [2.45, 2.75) is 13.1 Å². The number of ether oxygens (including phenoxy) is 3. The number of H-pyrrole nitrogens is 1. The molecule has 2 aromatic carbocycles. The highest BCUT2D eigenvalue weighted by atomic mass is 16.6. The Morgan fingerprint density at radius 2 is 1.42 bits per heavy atom. The molecule has 0 fully saturated rings. The molecule has 3 N–H and O–H groups in total. The summed E-state index contributed by atoms with van der Waals surface area (Å²) in [5, 5.41) is 0.614. The van der Waals surface area contributed by atoms with E-state index in [1.807, 2.05) is 60.7 Å². The second kappa shape index (κ2) is 15.5. The number of aromatic amines is 1. The number of hydrogen-bond acceptors (Lipinski definition) is 11. The average molecular weight is 700 g/mol. The number of nitrogens with zero attached hydrogens (tertiary/aromatic N) is 5. The lowest BCUT2D eigenvalue weighted by molar-refractivity contribution is -0.136. The zero-order valence-corrected chi connectivity index (χ0v) is 29.1. The Bertz CT molecular complexity index is 2170. The Kier molecular flexibility index (Phi) is 10.5. The molecule has 13 heteroatoms. The monoisotopic (exact) mass is 699 g/mol. The number of esters is 2. The molecule has 0 atom stereocenters. The maximum Gasteiger partial charge on any atom is 0.362 e. The van der Waals surface area contributed by atoms with E-state index in [4.69, 9.17) is 29.9 Å². The number of nitrogens with one attached hydrogen (secondary N) is 1. The van der Waals surface area contributed by atoms with Gasteiger partial charge in [-0.25, -0.2) is 14.8 Å². The SMILES string of the molecule is COc1ccc(CN(Cc2ccc(OC)cc2)c2ncc(-c3ccnc4[nH]c(C(=O)OC(=O)CN)cc34)cc2-c2ccc(C(=O)N(C)C)cn2)cc1. The molecule has 13 nitrogen and oxygen atoms in total. The van der Waals surface area contributed by atoms with Gasteiger partial charge in [0.1, 0.15) is 28.7 Å². The molecule has 0 spiro atoms. The van der Waals surface area contributed by atoms with Crippen molar-refractivity contribution in [3.63, 3.8) is 0 Å². The minimum Gasteiger partial charge on any atom is -0.497 e. The molecule has 0 saturated carbocycles. The first kappa shape index (κ1) is 35.2. The summed E-state index contributed by atoms with van der Waals surface area (Å²) >= 11 is 0. The first-order valence-electron chi connectivity index (χ1n) is 16.3. The number of carbonyl (C=O) groups is 3. The van der Waals surface area contributed by atoms with Gasteiger partial charge in [0.2, 0.25) is 0 Å². The lowest BCUT2D eigenvalue weighted by Gasteiger charge is -2.27. The Hall–Kier alpha value is -6.60. The summed E-state index contributed by atoms with van der Waals surface area (Å²) in [6.45, 7) is 0.566. The van der Waals surface area contributed by atoms with Crippen LogP contribution in [0.25, 0.3) is 33.4 Å². The second-order valence-electron chi connectivity index (χ2n) is 12.0. The molecule has 52 heavy (non-hydrogen) atoms. The van der Waals surface area contributed by atoms with Crippen LogP contribution in [0.1, 0.15) is 32.0 Å². The van der Waals surface area contributed by atoms with Gasteiger partial charge in [0.15, 0.2) is 0 Å². The van der Waals surface area contributed by atoms with E-state index in [-0.39, 0.29) is 11.6 Å². The average Bonchev–Trinajstić information content (AvgIpc) is 3.63. The zero-order chi connectivity index (χ0) is 36.8. The van der Waals surface area contributed by atoms with Crippen LogP contribution in [0.4, 0.5) is 5.82 Å². The van der Waals surface area contributed by atoms with Crippen molar-refractivity contribution in [3.8, 4) is 33.9 Å². The highest BCUT2D eigenvalue weighted by Gasteiger charge is 2.22. The molecule has 0 saturated heterocycles. The summed E-state index contributed by atoms with van der Waals surface area (Å²) in [4.78, 5) is 57.9. The van der Waals surface area contributed by atoms with Crippen molar-refractivity contribution in [2.24, 2.45) is 5.73 Å². The summed E-state index contributed by atoms with van der Waals surface area (Å²) in [7, 11) is 6.64. The van der Waals surface area contributed by atoms with Crippen molar-refractivity contribution >= 4 is 34.7 Å². The van der Waals surface area contributed by atoms with Crippen LogP contribution in [0, 0.1) is 0 Å². The van der Waals surface area contributed by atoms with Crippen LogP contribution >= 0.6 is 0 Å². The smallest absolute Gasteiger partial charge is 0.362 e. The van der Waals surface area contributed by atoms with E-state index in [1.165, 1.54) is 4.90 Å².